The van der Waals surface area contributed by atoms with E-state index in [-0.39, 0.29) is 0 Å². The summed E-state index contributed by atoms with van der Waals surface area (Å²) in [6, 6.07) is 42.7. The lowest BCUT2D eigenvalue weighted by molar-refractivity contribution is 1.07. The number of aromatic nitrogens is 6. The Bertz CT molecular complexity index is 2640. The van der Waals surface area contributed by atoms with Crippen LogP contribution in [0.2, 0.25) is 0 Å². The number of benzene rings is 4. The number of para-hydroxylation sites is 1. The molecule has 0 aliphatic heterocycles. The molecule has 6 heteroatoms. The van der Waals surface area contributed by atoms with Crippen molar-refractivity contribution in [1.82, 2.24) is 29.1 Å². The second-order valence-electron chi connectivity index (χ2n) is 11.6. The van der Waals surface area contributed by atoms with Crippen LogP contribution in [0.15, 0.2) is 146 Å². The summed E-state index contributed by atoms with van der Waals surface area (Å²) in [6.07, 6.45) is 7.31. The molecule has 0 N–H and O–H groups in total. The molecule has 0 amide bonds. The molecule has 0 saturated carbocycles. The highest BCUT2D eigenvalue weighted by atomic mass is 15.2. The summed E-state index contributed by atoms with van der Waals surface area (Å²) in [5, 5.41) is 1.04. The molecule has 0 fully saturated rings. The van der Waals surface area contributed by atoms with Gasteiger partial charge in [0.05, 0.1) is 22.1 Å². The first-order chi connectivity index (χ1) is 22.9. The van der Waals surface area contributed by atoms with Crippen molar-refractivity contribution in [3.8, 4) is 56.0 Å². The van der Waals surface area contributed by atoms with E-state index in [2.05, 4.69) is 123 Å². The monoisotopic (exact) mass is 588 g/mol. The van der Waals surface area contributed by atoms with Gasteiger partial charge in [-0.1, -0.05) is 72.8 Å². The molecule has 1 aliphatic rings. The summed E-state index contributed by atoms with van der Waals surface area (Å²) >= 11 is 0. The lowest BCUT2D eigenvalue weighted by Gasteiger charge is -2.23. The topological polar surface area (TPSA) is 61.4 Å². The van der Waals surface area contributed by atoms with Crippen molar-refractivity contribution < 1.29 is 0 Å². The third kappa shape index (κ3) is 3.41. The quantitative estimate of drug-likeness (QED) is 0.202. The number of hydrogen-bond donors (Lipinski definition) is 0. The highest BCUT2D eigenvalue weighted by Gasteiger charge is 2.26. The van der Waals surface area contributed by atoms with Crippen LogP contribution in [0.3, 0.4) is 0 Å². The van der Waals surface area contributed by atoms with Crippen molar-refractivity contribution in [2.24, 2.45) is 0 Å². The molecule has 4 aromatic carbocycles. The predicted octanol–water partition coefficient (Wildman–Crippen LogP) is 9.29. The van der Waals surface area contributed by atoms with E-state index in [0.717, 1.165) is 89.1 Å². The van der Waals surface area contributed by atoms with Crippen LogP contribution in [0.4, 0.5) is 0 Å². The van der Waals surface area contributed by atoms with Crippen LogP contribution in [0.1, 0.15) is 0 Å². The lowest BCUT2D eigenvalue weighted by Crippen LogP contribution is -2.03. The molecule has 0 unspecified atom stereocenters. The molecule has 9 aromatic rings. The van der Waals surface area contributed by atoms with Crippen LogP contribution in [0.5, 0.6) is 0 Å². The molecule has 1 aliphatic carbocycles. The van der Waals surface area contributed by atoms with Crippen LogP contribution in [0, 0.1) is 0 Å². The maximum absolute atomic E-state index is 4.93. The minimum atomic E-state index is 0.930. The third-order valence-electron chi connectivity index (χ3n) is 9.14. The Morgan fingerprint density at radius 3 is 1.74 bits per heavy atom. The number of rotatable bonds is 2. The molecule has 0 saturated heterocycles. The molecule has 46 heavy (non-hydrogen) atoms. The first-order valence-electron chi connectivity index (χ1n) is 15.3. The van der Waals surface area contributed by atoms with Crippen molar-refractivity contribution in [2.45, 2.75) is 0 Å². The second kappa shape index (κ2) is 9.55. The third-order valence-corrected chi connectivity index (χ3v) is 9.14. The molecule has 5 heterocycles. The molecule has 0 radical (unpaired) electrons. The second-order valence-corrected chi connectivity index (χ2v) is 11.6. The Morgan fingerprint density at radius 2 is 1.02 bits per heavy atom. The predicted molar refractivity (Wildman–Crippen MR) is 184 cm³/mol. The van der Waals surface area contributed by atoms with E-state index < -0.39 is 0 Å². The maximum Gasteiger partial charge on any atom is 0.134 e. The van der Waals surface area contributed by atoms with Gasteiger partial charge in [-0.2, -0.15) is 0 Å². The molecule has 10 rings (SSSR count). The first-order valence-corrected chi connectivity index (χ1v) is 15.3. The van der Waals surface area contributed by atoms with E-state index >= 15 is 0 Å². The highest BCUT2D eigenvalue weighted by molar-refractivity contribution is 6.20. The normalized spacial score (nSPS) is 11.9. The van der Waals surface area contributed by atoms with Gasteiger partial charge >= 0.3 is 0 Å². The fraction of sp³-hybridized carbons (Fsp3) is 0. The number of nitrogens with zero attached hydrogens (tertiary/aromatic N) is 6. The van der Waals surface area contributed by atoms with Gasteiger partial charge < -0.3 is 0 Å². The number of hydrogen-bond acceptors (Lipinski definition) is 4. The van der Waals surface area contributed by atoms with E-state index in [4.69, 9.17) is 15.0 Å². The molecule has 0 atom stereocenters. The number of fused-ring (bicyclic) bond motifs is 13. The van der Waals surface area contributed by atoms with Gasteiger partial charge in [-0.05, 0) is 76.3 Å². The zero-order valence-corrected chi connectivity index (χ0v) is 24.5. The summed E-state index contributed by atoms with van der Waals surface area (Å²) in [5.74, 6) is 0. The smallest absolute Gasteiger partial charge is 0.134 e. The lowest BCUT2D eigenvalue weighted by atomic mass is 9.83. The van der Waals surface area contributed by atoms with Crippen molar-refractivity contribution in [1.29, 1.82) is 0 Å². The Labute approximate surface area is 263 Å². The van der Waals surface area contributed by atoms with Crippen LogP contribution in [-0.4, -0.2) is 29.1 Å². The van der Waals surface area contributed by atoms with E-state index in [1.165, 1.54) is 0 Å². The van der Waals surface area contributed by atoms with Gasteiger partial charge in [0.25, 0.3) is 0 Å². The van der Waals surface area contributed by atoms with Crippen molar-refractivity contribution in [3.63, 3.8) is 0 Å². The van der Waals surface area contributed by atoms with Crippen LogP contribution in [-0.2, 0) is 0 Å². The zero-order chi connectivity index (χ0) is 30.2. The molecular formula is C40H24N6. The van der Waals surface area contributed by atoms with Crippen molar-refractivity contribution in [3.05, 3.63) is 146 Å². The summed E-state index contributed by atoms with van der Waals surface area (Å²) in [4.78, 5) is 19.1. The van der Waals surface area contributed by atoms with Gasteiger partial charge in [0.15, 0.2) is 0 Å². The molecule has 5 aromatic heterocycles. The van der Waals surface area contributed by atoms with Gasteiger partial charge in [0.2, 0.25) is 0 Å². The van der Waals surface area contributed by atoms with Crippen LogP contribution in [0.25, 0.3) is 89.1 Å². The largest absolute Gasteiger partial charge is 0.293 e. The van der Waals surface area contributed by atoms with E-state index in [1.807, 2.05) is 30.7 Å². The minimum Gasteiger partial charge on any atom is -0.293 e. The van der Waals surface area contributed by atoms with E-state index in [0.29, 0.717) is 0 Å². The summed E-state index contributed by atoms with van der Waals surface area (Å²) < 4.78 is 4.66. The molecule has 0 spiro atoms. The summed E-state index contributed by atoms with van der Waals surface area (Å²) in [5.41, 5.74) is 15.8. The van der Waals surface area contributed by atoms with Crippen LogP contribution >= 0.6 is 0 Å². The van der Waals surface area contributed by atoms with Gasteiger partial charge in [-0.3, -0.25) is 19.1 Å². The van der Waals surface area contributed by atoms with Gasteiger partial charge in [0, 0.05) is 41.1 Å². The molecule has 214 valence electrons. The number of pyridine rings is 2. The maximum atomic E-state index is 4.93. The highest BCUT2D eigenvalue weighted by Crippen LogP contribution is 2.48. The SMILES string of the molecule is c1ccc(-n2c3cccnc3c3c4ncccc4n(-c4ccc5c(c4)-c4ccccc4-c4ncncc4-c4ccccc4-5)c32)cc1. The zero-order valence-electron chi connectivity index (χ0n) is 24.5. The van der Waals surface area contributed by atoms with Gasteiger partial charge in [0.1, 0.15) is 23.0 Å². The van der Waals surface area contributed by atoms with Crippen molar-refractivity contribution in [2.75, 3.05) is 0 Å². The summed E-state index contributed by atoms with van der Waals surface area (Å²) in [7, 11) is 0. The van der Waals surface area contributed by atoms with Gasteiger partial charge in [-0.15, -0.1) is 0 Å². The van der Waals surface area contributed by atoms with E-state index in [1.54, 1.807) is 6.33 Å². The Kier molecular flexibility index (Phi) is 5.19. The Morgan fingerprint density at radius 1 is 0.435 bits per heavy atom. The summed E-state index contributed by atoms with van der Waals surface area (Å²) in [6.45, 7) is 0. The van der Waals surface area contributed by atoms with Gasteiger partial charge in [-0.25, -0.2) is 9.97 Å². The Balaban J connectivity index is 1.35. The average molecular weight is 589 g/mol. The standard InChI is InChI=1S/C40H24N6/c1-2-10-25(11-3-1)45-34-16-8-20-42-38(34)36-39-35(17-9-21-43-39)46(40(36)45)26-18-19-30-27-12-4-5-13-28(27)33-23-41-24-44-37(33)31-15-7-6-14-29(31)32(30)22-26/h1-24H. The first kappa shape index (κ1) is 25.0. The fourth-order valence-electron chi connectivity index (χ4n) is 7.26. The molecule has 6 nitrogen and oxygen atoms in total. The van der Waals surface area contributed by atoms with Crippen LogP contribution < -0.4 is 0 Å². The minimum absolute atomic E-state index is 0.930. The molecule has 0 bridgehead atoms. The average Bonchev–Trinajstić information content (AvgIpc) is 3.64. The fourth-order valence-corrected chi connectivity index (χ4v) is 7.26. The Hall–Kier alpha value is -6.40. The van der Waals surface area contributed by atoms with Crippen molar-refractivity contribution >= 4 is 33.1 Å². The van der Waals surface area contributed by atoms with E-state index in [9.17, 15) is 0 Å². The molecular weight excluding hydrogens is 564 g/mol.